The topological polar surface area (TPSA) is 95.9 Å². The van der Waals surface area contributed by atoms with E-state index in [1.807, 2.05) is 44.2 Å². The Morgan fingerprint density at radius 3 is 2.42 bits per heavy atom. The van der Waals surface area contributed by atoms with Crippen LogP contribution in [0.3, 0.4) is 0 Å². The lowest BCUT2D eigenvalue weighted by Crippen LogP contribution is -2.41. The molecule has 2 N–H and O–H groups in total. The molecule has 10 heteroatoms. The third kappa shape index (κ3) is 5.83. The standard InChI is InChI=1S/C35H32F2N2O5S/c1-35(2)18-29-33(45(42,43)21-35)32(25-16-15-24(17-28(25)37)44-20-22-9-4-3-5-10-22)39(34(41)26-12-6-7-13-27(26)36)30-14-8-11-23(19-40)31(30)38-29/h3-17,32,38,40H,18-21H2,1-2H3. The van der Waals surface area contributed by atoms with Crippen molar-refractivity contribution in [3.63, 3.8) is 0 Å². The van der Waals surface area contributed by atoms with E-state index in [1.54, 1.807) is 18.2 Å². The number of sulfone groups is 1. The number of anilines is 2. The van der Waals surface area contributed by atoms with E-state index < -0.39 is 45.4 Å². The van der Waals surface area contributed by atoms with Crippen LogP contribution < -0.4 is 15.0 Å². The number of rotatable bonds is 6. The first kappa shape index (κ1) is 30.5. The van der Waals surface area contributed by atoms with E-state index in [0.29, 0.717) is 5.56 Å². The summed E-state index contributed by atoms with van der Waals surface area (Å²) in [4.78, 5) is 15.3. The Hall–Kier alpha value is -4.54. The minimum absolute atomic E-state index is 0.105. The summed E-state index contributed by atoms with van der Waals surface area (Å²) in [5.74, 6) is -2.52. The summed E-state index contributed by atoms with van der Waals surface area (Å²) in [6.07, 6.45) is 0.263. The lowest BCUT2D eigenvalue weighted by molar-refractivity contribution is 0.0976. The number of nitrogens with zero attached hydrogens (tertiary/aromatic N) is 1. The van der Waals surface area contributed by atoms with Crippen molar-refractivity contribution in [2.75, 3.05) is 16.0 Å². The van der Waals surface area contributed by atoms with E-state index in [9.17, 15) is 18.3 Å². The highest BCUT2D eigenvalue weighted by molar-refractivity contribution is 7.95. The third-order valence-electron chi connectivity index (χ3n) is 8.05. The predicted octanol–water partition coefficient (Wildman–Crippen LogP) is 6.91. The Morgan fingerprint density at radius 1 is 0.978 bits per heavy atom. The van der Waals surface area contributed by atoms with E-state index in [0.717, 1.165) is 22.6 Å². The van der Waals surface area contributed by atoms with Crippen LogP contribution >= 0.6 is 0 Å². The second-order valence-electron chi connectivity index (χ2n) is 12.1. The van der Waals surface area contributed by atoms with Gasteiger partial charge < -0.3 is 15.2 Å². The summed E-state index contributed by atoms with van der Waals surface area (Å²) in [5.41, 5.74) is 0.892. The zero-order chi connectivity index (χ0) is 31.9. The number of carbonyl (C=O) groups is 1. The molecule has 0 fully saturated rings. The molecule has 6 rings (SSSR count). The van der Waals surface area contributed by atoms with Crippen LogP contribution in [-0.2, 0) is 23.1 Å². The van der Waals surface area contributed by atoms with Gasteiger partial charge in [-0.3, -0.25) is 9.69 Å². The molecule has 1 amide bonds. The molecule has 0 aromatic heterocycles. The molecule has 0 saturated carbocycles. The SMILES string of the molecule is CC1(C)CC2=C(C(c3ccc(OCc4ccccc4)cc3F)N(C(=O)c3ccccc3F)c3cccc(CO)c3N2)S(=O)(=O)C1. The number of nitrogens with one attached hydrogen (secondary N) is 1. The van der Waals surface area contributed by atoms with Crippen LogP contribution in [0.5, 0.6) is 5.75 Å². The molecule has 2 aliphatic rings. The highest BCUT2D eigenvalue weighted by Gasteiger charge is 2.48. The van der Waals surface area contributed by atoms with Crippen LogP contribution in [0.1, 0.15) is 53.4 Å². The van der Waals surface area contributed by atoms with Gasteiger partial charge in [0.2, 0.25) is 0 Å². The molecule has 1 atom stereocenters. The van der Waals surface area contributed by atoms with Gasteiger partial charge in [-0.25, -0.2) is 17.2 Å². The molecule has 2 aliphatic heterocycles. The molecule has 4 aromatic carbocycles. The maximum atomic E-state index is 16.3. The normalized spacial score (nSPS) is 18.3. The van der Waals surface area contributed by atoms with E-state index in [1.165, 1.54) is 30.3 Å². The number of amides is 1. The van der Waals surface area contributed by atoms with Crippen molar-refractivity contribution >= 4 is 27.1 Å². The quantitative estimate of drug-likeness (QED) is 0.241. The van der Waals surface area contributed by atoms with Crippen molar-refractivity contribution in [3.05, 3.63) is 135 Å². The van der Waals surface area contributed by atoms with E-state index in [-0.39, 0.29) is 57.6 Å². The van der Waals surface area contributed by atoms with Gasteiger partial charge in [0.15, 0.2) is 9.84 Å². The van der Waals surface area contributed by atoms with Gasteiger partial charge in [0.1, 0.15) is 30.0 Å². The monoisotopic (exact) mass is 630 g/mol. The van der Waals surface area contributed by atoms with Gasteiger partial charge in [0.05, 0.1) is 34.2 Å². The van der Waals surface area contributed by atoms with E-state index >= 15 is 8.78 Å². The number of aliphatic hydroxyl groups is 1. The van der Waals surface area contributed by atoms with Crippen molar-refractivity contribution < 1.29 is 31.8 Å². The van der Waals surface area contributed by atoms with Gasteiger partial charge in [0.25, 0.3) is 5.91 Å². The smallest absolute Gasteiger partial charge is 0.262 e. The summed E-state index contributed by atoms with van der Waals surface area (Å²) in [6, 6.07) is 22.1. The number of benzene rings is 4. The second-order valence-corrected chi connectivity index (χ2v) is 14.0. The van der Waals surface area contributed by atoms with Gasteiger partial charge in [-0.15, -0.1) is 0 Å². The van der Waals surface area contributed by atoms with Crippen molar-refractivity contribution in [2.45, 2.75) is 39.5 Å². The fourth-order valence-corrected chi connectivity index (χ4v) is 8.50. The highest BCUT2D eigenvalue weighted by Crippen LogP contribution is 2.51. The van der Waals surface area contributed by atoms with Crippen LogP contribution in [-0.4, -0.2) is 25.2 Å². The number of halogens is 2. The molecular formula is C35H32F2N2O5S. The maximum absolute atomic E-state index is 16.3. The van der Waals surface area contributed by atoms with Crippen LogP contribution in [0, 0.1) is 17.0 Å². The molecule has 0 radical (unpaired) electrons. The first-order valence-electron chi connectivity index (χ1n) is 14.5. The Labute approximate surface area is 260 Å². The second kappa shape index (κ2) is 11.8. The van der Waals surface area contributed by atoms with Crippen LogP contribution in [0.15, 0.2) is 102 Å². The number of para-hydroxylation sites is 1. The van der Waals surface area contributed by atoms with Crippen LogP contribution in [0.25, 0.3) is 0 Å². The van der Waals surface area contributed by atoms with Crippen LogP contribution in [0.4, 0.5) is 20.2 Å². The van der Waals surface area contributed by atoms with Gasteiger partial charge in [-0.1, -0.05) is 68.4 Å². The van der Waals surface area contributed by atoms with E-state index in [2.05, 4.69) is 5.32 Å². The predicted molar refractivity (Wildman–Crippen MR) is 168 cm³/mol. The number of carbonyl (C=O) groups excluding carboxylic acids is 1. The van der Waals surface area contributed by atoms with Crippen molar-refractivity contribution in [1.82, 2.24) is 0 Å². The van der Waals surface area contributed by atoms with Gasteiger partial charge in [-0.2, -0.15) is 0 Å². The van der Waals surface area contributed by atoms with Crippen molar-refractivity contribution in [1.29, 1.82) is 0 Å². The molecule has 7 nitrogen and oxygen atoms in total. The number of hydrogen-bond donors (Lipinski definition) is 2. The lowest BCUT2D eigenvalue weighted by Gasteiger charge is -2.37. The highest BCUT2D eigenvalue weighted by atomic mass is 32.2. The molecule has 45 heavy (non-hydrogen) atoms. The van der Waals surface area contributed by atoms with E-state index in [4.69, 9.17) is 4.74 Å². The van der Waals surface area contributed by atoms with Crippen LogP contribution in [0.2, 0.25) is 0 Å². The largest absolute Gasteiger partial charge is 0.489 e. The molecule has 232 valence electrons. The summed E-state index contributed by atoms with van der Waals surface area (Å²) in [7, 11) is -4.11. The molecule has 0 saturated heterocycles. The van der Waals surface area contributed by atoms with Gasteiger partial charge >= 0.3 is 0 Å². The fourth-order valence-electron chi connectivity index (χ4n) is 6.14. The van der Waals surface area contributed by atoms with Crippen molar-refractivity contribution in [2.24, 2.45) is 5.41 Å². The zero-order valence-electron chi connectivity index (χ0n) is 24.8. The fraction of sp³-hybridized carbons (Fsp3) is 0.229. The lowest BCUT2D eigenvalue weighted by atomic mass is 9.88. The molecule has 0 bridgehead atoms. The Kier molecular flexibility index (Phi) is 7.96. The molecule has 0 aliphatic carbocycles. The zero-order valence-corrected chi connectivity index (χ0v) is 25.6. The van der Waals surface area contributed by atoms with Gasteiger partial charge in [-0.05, 0) is 47.7 Å². The molecule has 0 spiro atoms. The molecule has 4 aromatic rings. The maximum Gasteiger partial charge on any atom is 0.262 e. The number of allylic oxidation sites excluding steroid dienone is 1. The summed E-state index contributed by atoms with van der Waals surface area (Å²) in [6.45, 7) is 3.39. The summed E-state index contributed by atoms with van der Waals surface area (Å²) < 4.78 is 65.7. The Balaban J connectivity index is 1.58. The van der Waals surface area contributed by atoms with Crippen molar-refractivity contribution in [3.8, 4) is 5.75 Å². The molecule has 1 unspecified atom stereocenters. The third-order valence-corrected chi connectivity index (χ3v) is 10.3. The molecule has 2 heterocycles. The number of ether oxygens (including phenoxy) is 1. The Bertz CT molecular complexity index is 1930. The summed E-state index contributed by atoms with van der Waals surface area (Å²) >= 11 is 0. The average Bonchev–Trinajstić information content (AvgIpc) is 3.14. The average molecular weight is 631 g/mol. The molecular weight excluding hydrogens is 598 g/mol. The first-order chi connectivity index (χ1) is 21.5. The number of fused-ring (bicyclic) bond motifs is 1. The minimum Gasteiger partial charge on any atom is -0.489 e. The van der Waals surface area contributed by atoms with Gasteiger partial charge in [0, 0.05) is 22.9 Å². The Morgan fingerprint density at radius 2 is 1.71 bits per heavy atom. The minimum atomic E-state index is -4.11. The number of aliphatic hydroxyl groups excluding tert-OH is 1. The first-order valence-corrected chi connectivity index (χ1v) is 16.1. The summed E-state index contributed by atoms with van der Waals surface area (Å²) in [5, 5.41) is 13.5. The number of hydrogen-bond acceptors (Lipinski definition) is 6.